The summed E-state index contributed by atoms with van der Waals surface area (Å²) in [6.45, 7) is 11.7. The summed E-state index contributed by atoms with van der Waals surface area (Å²) in [5.41, 5.74) is 1.64. The van der Waals surface area contributed by atoms with Crippen molar-refractivity contribution >= 4 is 0 Å². The SMILES string of the molecule is CCN1CCC(NCC(C)(C)c2ccccc2)CC1. The molecule has 1 saturated heterocycles. The van der Waals surface area contributed by atoms with Gasteiger partial charge in [-0.05, 0) is 38.0 Å². The second-order valence-corrected chi connectivity index (χ2v) is 6.34. The molecule has 0 unspecified atom stereocenters. The van der Waals surface area contributed by atoms with E-state index in [0.717, 1.165) is 6.54 Å². The maximum Gasteiger partial charge on any atom is 0.00917 e. The molecule has 0 atom stereocenters. The van der Waals surface area contributed by atoms with E-state index in [1.807, 2.05) is 0 Å². The van der Waals surface area contributed by atoms with Crippen LogP contribution in [0.25, 0.3) is 0 Å². The Morgan fingerprint density at radius 1 is 1.16 bits per heavy atom. The Hall–Kier alpha value is -0.860. The minimum Gasteiger partial charge on any atom is -0.313 e. The number of hydrogen-bond acceptors (Lipinski definition) is 2. The molecule has 0 radical (unpaired) electrons. The van der Waals surface area contributed by atoms with Crippen LogP contribution in [0.3, 0.4) is 0 Å². The van der Waals surface area contributed by atoms with Crippen LogP contribution in [0.1, 0.15) is 39.2 Å². The largest absolute Gasteiger partial charge is 0.313 e. The van der Waals surface area contributed by atoms with Crippen LogP contribution in [-0.4, -0.2) is 37.1 Å². The lowest BCUT2D eigenvalue weighted by atomic mass is 9.84. The van der Waals surface area contributed by atoms with Gasteiger partial charge in [0.2, 0.25) is 0 Å². The second-order valence-electron chi connectivity index (χ2n) is 6.34. The zero-order valence-corrected chi connectivity index (χ0v) is 12.7. The summed E-state index contributed by atoms with van der Waals surface area (Å²) in [5.74, 6) is 0. The average Bonchev–Trinajstić information content (AvgIpc) is 2.47. The average molecular weight is 260 g/mol. The predicted molar refractivity (Wildman–Crippen MR) is 82.6 cm³/mol. The van der Waals surface area contributed by atoms with E-state index in [0.29, 0.717) is 6.04 Å². The zero-order valence-electron chi connectivity index (χ0n) is 12.7. The topological polar surface area (TPSA) is 15.3 Å². The molecule has 0 bridgehead atoms. The molecule has 1 N–H and O–H groups in total. The highest BCUT2D eigenvalue weighted by atomic mass is 15.1. The lowest BCUT2D eigenvalue weighted by Crippen LogP contribution is -2.45. The van der Waals surface area contributed by atoms with E-state index in [1.165, 1.54) is 38.0 Å². The molecule has 106 valence electrons. The maximum atomic E-state index is 3.78. The summed E-state index contributed by atoms with van der Waals surface area (Å²) < 4.78 is 0. The van der Waals surface area contributed by atoms with Crippen molar-refractivity contribution in [2.75, 3.05) is 26.2 Å². The fourth-order valence-electron chi connectivity index (χ4n) is 2.84. The van der Waals surface area contributed by atoms with E-state index >= 15 is 0 Å². The fraction of sp³-hybridized carbons (Fsp3) is 0.647. The molecule has 0 spiro atoms. The molecule has 1 aromatic carbocycles. The van der Waals surface area contributed by atoms with Crippen molar-refractivity contribution in [3.05, 3.63) is 35.9 Å². The van der Waals surface area contributed by atoms with Gasteiger partial charge < -0.3 is 10.2 Å². The van der Waals surface area contributed by atoms with Crippen LogP contribution in [0.4, 0.5) is 0 Å². The molecule has 1 heterocycles. The molecule has 0 aliphatic carbocycles. The number of rotatable bonds is 5. The molecule has 2 nitrogen and oxygen atoms in total. The van der Waals surface area contributed by atoms with E-state index in [2.05, 4.69) is 61.3 Å². The molecule has 1 aromatic rings. The van der Waals surface area contributed by atoms with E-state index in [4.69, 9.17) is 0 Å². The van der Waals surface area contributed by atoms with Gasteiger partial charge in [-0.25, -0.2) is 0 Å². The van der Waals surface area contributed by atoms with Crippen LogP contribution in [0.2, 0.25) is 0 Å². The smallest absolute Gasteiger partial charge is 0.00917 e. The summed E-state index contributed by atoms with van der Waals surface area (Å²) >= 11 is 0. The molecule has 0 amide bonds. The van der Waals surface area contributed by atoms with Gasteiger partial charge in [0.15, 0.2) is 0 Å². The molecular weight excluding hydrogens is 232 g/mol. The molecule has 2 rings (SSSR count). The first-order chi connectivity index (χ1) is 9.12. The monoisotopic (exact) mass is 260 g/mol. The van der Waals surface area contributed by atoms with Gasteiger partial charge in [0, 0.05) is 18.0 Å². The van der Waals surface area contributed by atoms with Crippen LogP contribution in [-0.2, 0) is 5.41 Å². The Morgan fingerprint density at radius 2 is 1.79 bits per heavy atom. The van der Waals surface area contributed by atoms with Gasteiger partial charge in [-0.2, -0.15) is 0 Å². The van der Waals surface area contributed by atoms with Crippen molar-refractivity contribution in [3.63, 3.8) is 0 Å². The Balaban J connectivity index is 1.82. The minimum absolute atomic E-state index is 0.211. The number of nitrogens with zero attached hydrogens (tertiary/aromatic N) is 1. The van der Waals surface area contributed by atoms with Crippen LogP contribution < -0.4 is 5.32 Å². The third-order valence-corrected chi connectivity index (χ3v) is 4.42. The Morgan fingerprint density at radius 3 is 2.37 bits per heavy atom. The maximum absolute atomic E-state index is 3.78. The van der Waals surface area contributed by atoms with Crippen molar-refractivity contribution in [3.8, 4) is 0 Å². The third-order valence-electron chi connectivity index (χ3n) is 4.42. The van der Waals surface area contributed by atoms with Crippen molar-refractivity contribution < 1.29 is 0 Å². The standard InChI is InChI=1S/C17H28N2/c1-4-19-12-10-16(11-13-19)18-14-17(2,3)15-8-6-5-7-9-15/h5-9,16,18H,4,10-14H2,1-3H3. The normalized spacial score (nSPS) is 18.7. The molecule has 0 saturated carbocycles. The van der Waals surface area contributed by atoms with E-state index in [-0.39, 0.29) is 5.41 Å². The number of nitrogens with one attached hydrogen (secondary N) is 1. The Kier molecular flexibility index (Phi) is 5.00. The van der Waals surface area contributed by atoms with Crippen LogP contribution in [0, 0.1) is 0 Å². The lowest BCUT2D eigenvalue weighted by molar-refractivity contribution is 0.202. The summed E-state index contributed by atoms with van der Waals surface area (Å²) in [7, 11) is 0. The van der Waals surface area contributed by atoms with Crippen LogP contribution in [0.5, 0.6) is 0 Å². The zero-order chi connectivity index (χ0) is 13.7. The summed E-state index contributed by atoms with van der Waals surface area (Å²) in [6, 6.07) is 11.5. The molecular formula is C17H28N2. The Bertz CT molecular complexity index is 364. The minimum atomic E-state index is 0.211. The molecule has 1 aliphatic heterocycles. The number of benzene rings is 1. The van der Waals surface area contributed by atoms with E-state index in [9.17, 15) is 0 Å². The van der Waals surface area contributed by atoms with Gasteiger partial charge >= 0.3 is 0 Å². The van der Waals surface area contributed by atoms with Crippen molar-refractivity contribution in [2.24, 2.45) is 0 Å². The van der Waals surface area contributed by atoms with E-state index < -0.39 is 0 Å². The third kappa shape index (κ3) is 4.05. The molecule has 2 heteroatoms. The number of likely N-dealkylation sites (tertiary alicyclic amines) is 1. The van der Waals surface area contributed by atoms with Gasteiger partial charge in [-0.1, -0.05) is 51.1 Å². The van der Waals surface area contributed by atoms with Crippen molar-refractivity contribution in [2.45, 2.75) is 45.1 Å². The second kappa shape index (κ2) is 6.53. The predicted octanol–water partition coefficient (Wildman–Crippen LogP) is 3.04. The fourth-order valence-corrected chi connectivity index (χ4v) is 2.84. The van der Waals surface area contributed by atoms with Gasteiger partial charge in [-0.3, -0.25) is 0 Å². The van der Waals surface area contributed by atoms with Crippen LogP contribution in [0.15, 0.2) is 30.3 Å². The summed E-state index contributed by atoms with van der Waals surface area (Å²) in [5, 5.41) is 3.78. The Labute approximate surface area is 118 Å². The van der Waals surface area contributed by atoms with Gasteiger partial charge in [0.05, 0.1) is 0 Å². The quantitative estimate of drug-likeness (QED) is 0.875. The number of hydrogen-bond donors (Lipinski definition) is 1. The summed E-state index contributed by atoms with van der Waals surface area (Å²) in [4.78, 5) is 2.54. The van der Waals surface area contributed by atoms with Crippen molar-refractivity contribution in [1.29, 1.82) is 0 Å². The molecule has 1 aliphatic rings. The molecule has 1 fully saturated rings. The first-order valence-electron chi connectivity index (χ1n) is 7.63. The molecule has 0 aromatic heterocycles. The lowest BCUT2D eigenvalue weighted by Gasteiger charge is -2.34. The highest BCUT2D eigenvalue weighted by molar-refractivity contribution is 5.23. The van der Waals surface area contributed by atoms with Gasteiger partial charge in [0.25, 0.3) is 0 Å². The van der Waals surface area contributed by atoms with Gasteiger partial charge in [0.1, 0.15) is 0 Å². The highest BCUT2D eigenvalue weighted by Gasteiger charge is 2.23. The first kappa shape index (κ1) is 14.5. The molecule has 19 heavy (non-hydrogen) atoms. The van der Waals surface area contributed by atoms with E-state index in [1.54, 1.807) is 0 Å². The van der Waals surface area contributed by atoms with Gasteiger partial charge in [-0.15, -0.1) is 0 Å². The highest BCUT2D eigenvalue weighted by Crippen LogP contribution is 2.22. The summed E-state index contributed by atoms with van der Waals surface area (Å²) in [6.07, 6.45) is 2.58. The number of piperidine rings is 1. The van der Waals surface area contributed by atoms with Crippen molar-refractivity contribution in [1.82, 2.24) is 10.2 Å². The first-order valence-corrected chi connectivity index (χ1v) is 7.63. The van der Waals surface area contributed by atoms with Crippen LogP contribution >= 0.6 is 0 Å².